The Balaban J connectivity index is 1.45. The third-order valence-corrected chi connectivity index (χ3v) is 6.40. The van der Waals surface area contributed by atoms with Gasteiger partial charge in [-0.2, -0.15) is 13.2 Å². The third kappa shape index (κ3) is 4.41. The number of imidazole rings is 1. The Hall–Kier alpha value is -3.66. The highest BCUT2D eigenvalue weighted by Crippen LogP contribution is 2.33. The fraction of sp³-hybridized carbons (Fsp3) is 0.280. The smallest absolute Gasteiger partial charge is 0.370 e. The summed E-state index contributed by atoms with van der Waals surface area (Å²) in [7, 11) is 1.91. The molecule has 2 aromatic heterocycles. The Kier molecular flexibility index (Phi) is 5.84. The lowest BCUT2D eigenvalue weighted by Crippen LogP contribution is -2.44. The van der Waals surface area contributed by atoms with Gasteiger partial charge in [0.2, 0.25) is 0 Å². The number of likely N-dealkylation sites (N-methyl/N-ethyl adjacent to an activating group) is 1. The molecule has 0 saturated carbocycles. The molecule has 1 saturated heterocycles. The van der Waals surface area contributed by atoms with Crippen LogP contribution in [-0.4, -0.2) is 46.9 Å². The maximum absolute atomic E-state index is 14.9. The Morgan fingerprint density at radius 3 is 2.77 bits per heavy atom. The van der Waals surface area contributed by atoms with Crippen LogP contribution < -0.4 is 10.2 Å². The predicted molar refractivity (Wildman–Crippen MR) is 125 cm³/mol. The van der Waals surface area contributed by atoms with Gasteiger partial charge in [0.25, 0.3) is 0 Å². The zero-order chi connectivity index (χ0) is 24.7. The number of carbonyl (C=O) groups is 1. The van der Waals surface area contributed by atoms with Crippen LogP contribution in [0.5, 0.6) is 0 Å². The molecule has 1 atom stereocenters. The molecule has 1 aliphatic heterocycles. The number of ketones is 1. The van der Waals surface area contributed by atoms with Crippen LogP contribution in [0.25, 0.3) is 22.6 Å². The summed E-state index contributed by atoms with van der Waals surface area (Å²) in [6, 6.07) is 9.69. The number of alkyl halides is 3. The first-order valence-electron chi connectivity index (χ1n) is 11.3. The van der Waals surface area contributed by atoms with E-state index in [2.05, 4.69) is 25.2 Å². The van der Waals surface area contributed by atoms with Crippen LogP contribution in [0.2, 0.25) is 0 Å². The molecule has 35 heavy (non-hydrogen) atoms. The van der Waals surface area contributed by atoms with Gasteiger partial charge in [-0.3, -0.25) is 4.79 Å². The number of rotatable bonds is 5. The molecular weight excluding hydrogens is 462 g/mol. The second-order valence-electron chi connectivity index (χ2n) is 8.66. The Bertz CT molecular complexity index is 1390. The SMILES string of the molecule is CN[C@@H]1CCCN(c2cc(F)c3nc(-c4cc(C(=O)c5ccccc5C(F)(F)F)c[nH]4)[nH]c3c2)C1. The van der Waals surface area contributed by atoms with Crippen molar-refractivity contribution in [2.24, 2.45) is 0 Å². The molecule has 0 aliphatic carbocycles. The molecule has 0 spiro atoms. The van der Waals surface area contributed by atoms with Gasteiger partial charge in [0.15, 0.2) is 17.4 Å². The molecule has 3 N–H and O–H groups in total. The summed E-state index contributed by atoms with van der Waals surface area (Å²) in [5.74, 6) is -0.964. The van der Waals surface area contributed by atoms with E-state index in [1.54, 1.807) is 0 Å². The van der Waals surface area contributed by atoms with Crippen molar-refractivity contribution in [2.75, 3.05) is 25.0 Å². The summed E-state index contributed by atoms with van der Waals surface area (Å²) < 4.78 is 55.0. The predicted octanol–water partition coefficient (Wildman–Crippen LogP) is 5.14. The quantitative estimate of drug-likeness (QED) is 0.270. The van der Waals surface area contributed by atoms with Crippen molar-refractivity contribution in [3.63, 3.8) is 0 Å². The summed E-state index contributed by atoms with van der Waals surface area (Å²) in [4.78, 5) is 25.2. The number of hydrogen-bond donors (Lipinski definition) is 3. The number of halogens is 4. The number of piperidine rings is 1. The molecule has 2 aromatic carbocycles. The number of hydrogen-bond acceptors (Lipinski definition) is 4. The van der Waals surface area contributed by atoms with E-state index in [4.69, 9.17) is 0 Å². The molecular formula is C25H23F4N5O. The molecule has 1 aliphatic rings. The molecule has 5 rings (SSSR count). The molecule has 4 aromatic rings. The highest BCUT2D eigenvalue weighted by molar-refractivity contribution is 6.10. The number of carbonyl (C=O) groups excluding carboxylic acids is 1. The summed E-state index contributed by atoms with van der Waals surface area (Å²) in [6.45, 7) is 1.59. The van der Waals surface area contributed by atoms with Crippen LogP contribution in [0, 0.1) is 5.82 Å². The Morgan fingerprint density at radius 1 is 1.20 bits per heavy atom. The van der Waals surface area contributed by atoms with Gasteiger partial charge in [0, 0.05) is 42.1 Å². The van der Waals surface area contributed by atoms with Crippen molar-refractivity contribution < 1.29 is 22.4 Å². The molecule has 3 heterocycles. The molecule has 0 bridgehead atoms. The Labute approximate surface area is 198 Å². The highest BCUT2D eigenvalue weighted by atomic mass is 19.4. The first-order valence-corrected chi connectivity index (χ1v) is 11.3. The van der Waals surface area contributed by atoms with Gasteiger partial charge < -0.3 is 20.2 Å². The largest absolute Gasteiger partial charge is 0.417 e. The summed E-state index contributed by atoms with van der Waals surface area (Å²) in [5.41, 5.74) is 0.364. The van der Waals surface area contributed by atoms with Crippen molar-refractivity contribution in [1.82, 2.24) is 20.3 Å². The van der Waals surface area contributed by atoms with E-state index in [0.717, 1.165) is 43.8 Å². The van der Waals surface area contributed by atoms with Crippen molar-refractivity contribution in [3.8, 4) is 11.5 Å². The maximum atomic E-state index is 14.9. The van der Waals surface area contributed by atoms with E-state index in [1.165, 1.54) is 30.5 Å². The van der Waals surface area contributed by atoms with Crippen LogP contribution in [0.3, 0.4) is 0 Å². The highest BCUT2D eigenvalue weighted by Gasteiger charge is 2.35. The van der Waals surface area contributed by atoms with Gasteiger partial charge in [-0.15, -0.1) is 0 Å². The van der Waals surface area contributed by atoms with Crippen molar-refractivity contribution in [2.45, 2.75) is 25.1 Å². The normalized spacial score (nSPS) is 16.7. The first kappa shape index (κ1) is 23.1. The lowest BCUT2D eigenvalue weighted by molar-refractivity contribution is -0.137. The summed E-state index contributed by atoms with van der Waals surface area (Å²) >= 11 is 0. The molecule has 6 nitrogen and oxygen atoms in total. The van der Waals surface area contributed by atoms with Crippen molar-refractivity contribution in [3.05, 3.63) is 71.2 Å². The number of nitrogens with zero attached hydrogens (tertiary/aromatic N) is 2. The zero-order valence-electron chi connectivity index (χ0n) is 18.8. The van der Waals surface area contributed by atoms with Crippen LogP contribution in [0.1, 0.15) is 34.3 Å². The van der Waals surface area contributed by atoms with Gasteiger partial charge in [0.05, 0.1) is 16.8 Å². The molecule has 182 valence electrons. The van der Waals surface area contributed by atoms with Crippen LogP contribution >= 0.6 is 0 Å². The summed E-state index contributed by atoms with van der Waals surface area (Å²) in [6.07, 6.45) is -1.27. The van der Waals surface area contributed by atoms with Crippen LogP contribution in [0.4, 0.5) is 23.2 Å². The molecule has 10 heteroatoms. The monoisotopic (exact) mass is 485 g/mol. The number of anilines is 1. The molecule has 0 unspecified atom stereocenters. The van der Waals surface area contributed by atoms with Crippen molar-refractivity contribution >= 4 is 22.5 Å². The second-order valence-corrected chi connectivity index (χ2v) is 8.66. The molecule has 1 fully saturated rings. The van der Waals surface area contributed by atoms with E-state index in [9.17, 15) is 22.4 Å². The fourth-order valence-electron chi connectivity index (χ4n) is 4.56. The number of aromatic amines is 2. The average molecular weight is 485 g/mol. The van der Waals surface area contributed by atoms with Crippen LogP contribution in [-0.2, 0) is 6.18 Å². The summed E-state index contributed by atoms with van der Waals surface area (Å²) in [5, 5.41) is 3.27. The standard InChI is InChI=1S/C25H23F4N5O/c1-30-15-5-4-8-34(13-15)16-10-19(26)22-20(11-16)32-24(33-22)21-9-14(12-31-21)23(35)17-6-2-3-7-18(17)25(27,28)29/h2-3,6-7,9-12,15,30-31H,4-5,8,13H2,1H3,(H,32,33)/t15-/m1/s1. The fourth-order valence-corrected chi connectivity index (χ4v) is 4.56. The van der Waals surface area contributed by atoms with Gasteiger partial charge in [-0.25, -0.2) is 9.37 Å². The minimum Gasteiger partial charge on any atom is -0.370 e. The lowest BCUT2D eigenvalue weighted by atomic mass is 9.99. The van der Waals surface area contributed by atoms with Crippen molar-refractivity contribution in [1.29, 1.82) is 0 Å². The number of aromatic nitrogens is 3. The van der Waals surface area contributed by atoms with E-state index in [1.807, 2.05) is 13.1 Å². The van der Waals surface area contributed by atoms with E-state index in [0.29, 0.717) is 17.3 Å². The van der Waals surface area contributed by atoms with Gasteiger partial charge >= 0.3 is 6.18 Å². The maximum Gasteiger partial charge on any atom is 0.417 e. The van der Waals surface area contributed by atoms with E-state index < -0.39 is 28.9 Å². The van der Waals surface area contributed by atoms with Gasteiger partial charge in [-0.05, 0) is 44.2 Å². The third-order valence-electron chi connectivity index (χ3n) is 6.40. The zero-order valence-corrected chi connectivity index (χ0v) is 18.8. The van der Waals surface area contributed by atoms with Gasteiger partial charge in [0.1, 0.15) is 5.52 Å². The molecule has 0 amide bonds. The number of benzene rings is 2. The topological polar surface area (TPSA) is 76.8 Å². The second kappa shape index (κ2) is 8.84. The number of fused-ring (bicyclic) bond motifs is 1. The number of nitrogens with one attached hydrogen (secondary N) is 3. The first-order chi connectivity index (χ1) is 16.7. The van der Waals surface area contributed by atoms with E-state index in [-0.39, 0.29) is 16.9 Å². The van der Waals surface area contributed by atoms with Crippen LogP contribution in [0.15, 0.2) is 48.7 Å². The van der Waals surface area contributed by atoms with E-state index >= 15 is 0 Å². The number of H-pyrrole nitrogens is 2. The minimum absolute atomic E-state index is 0.0461. The van der Waals surface area contributed by atoms with Gasteiger partial charge in [-0.1, -0.05) is 18.2 Å². The average Bonchev–Trinajstić information content (AvgIpc) is 3.51. The Morgan fingerprint density at radius 2 is 2.00 bits per heavy atom. The molecule has 0 radical (unpaired) electrons. The minimum atomic E-state index is -4.65. The lowest BCUT2D eigenvalue weighted by Gasteiger charge is -2.34.